The van der Waals surface area contributed by atoms with Crippen molar-refractivity contribution in [3.05, 3.63) is 41.2 Å². The number of halogens is 3. The monoisotopic (exact) mass is 313 g/mol. The lowest BCUT2D eigenvalue weighted by Crippen LogP contribution is -2.28. The Morgan fingerprint density at radius 2 is 1.91 bits per heavy atom. The average molecular weight is 313 g/mol. The zero-order valence-electron chi connectivity index (χ0n) is 11.8. The molecule has 1 saturated carbocycles. The summed E-state index contributed by atoms with van der Waals surface area (Å²) in [5.41, 5.74) is 2.15. The van der Waals surface area contributed by atoms with E-state index in [1.165, 1.54) is 12.1 Å². The molecule has 1 aliphatic rings. The highest BCUT2D eigenvalue weighted by atomic mass is 19.4. The molecule has 0 amide bonds. The van der Waals surface area contributed by atoms with Crippen molar-refractivity contribution < 1.29 is 22.5 Å². The highest BCUT2D eigenvalue weighted by molar-refractivity contribution is 5.35. The fourth-order valence-corrected chi connectivity index (χ4v) is 2.33. The van der Waals surface area contributed by atoms with E-state index >= 15 is 0 Å². The molecule has 0 atom stereocenters. The predicted molar refractivity (Wildman–Crippen MR) is 69.9 cm³/mol. The standard InChI is InChI=1S/C14H14F3N3O2/c1-9-12(20-22-19-9)8-18-13(6-7-13)10-2-4-11(5-3-10)21-14(15,16)17/h2-5,18H,6-8H2,1H3. The summed E-state index contributed by atoms with van der Waals surface area (Å²) >= 11 is 0. The fraction of sp³-hybridized carbons (Fsp3) is 0.429. The molecule has 1 heterocycles. The van der Waals surface area contributed by atoms with Crippen molar-refractivity contribution in [1.82, 2.24) is 15.6 Å². The van der Waals surface area contributed by atoms with Crippen molar-refractivity contribution in [2.24, 2.45) is 0 Å². The number of rotatable bonds is 5. The maximum Gasteiger partial charge on any atom is 0.573 e. The van der Waals surface area contributed by atoms with Crippen LogP contribution in [-0.4, -0.2) is 16.7 Å². The molecular weight excluding hydrogens is 299 g/mol. The SMILES string of the molecule is Cc1nonc1CNC1(c2ccc(OC(F)(F)F)cc2)CC1. The van der Waals surface area contributed by atoms with Crippen LogP contribution in [0.15, 0.2) is 28.9 Å². The molecule has 0 unspecified atom stereocenters. The van der Waals surface area contributed by atoms with Crippen molar-refractivity contribution in [2.45, 2.75) is 38.2 Å². The van der Waals surface area contributed by atoms with E-state index in [2.05, 4.69) is 25.0 Å². The minimum atomic E-state index is -4.67. The third-order valence-electron chi connectivity index (χ3n) is 3.73. The Morgan fingerprint density at radius 3 is 2.41 bits per heavy atom. The second-order valence-corrected chi connectivity index (χ2v) is 5.30. The smallest absolute Gasteiger partial charge is 0.406 e. The van der Waals surface area contributed by atoms with Gasteiger partial charge in [0.1, 0.15) is 17.1 Å². The van der Waals surface area contributed by atoms with Crippen molar-refractivity contribution in [3.8, 4) is 5.75 Å². The second-order valence-electron chi connectivity index (χ2n) is 5.30. The molecule has 8 heteroatoms. The van der Waals surface area contributed by atoms with Crippen LogP contribution < -0.4 is 10.1 Å². The minimum absolute atomic E-state index is 0.219. The van der Waals surface area contributed by atoms with E-state index in [9.17, 15) is 13.2 Å². The molecule has 22 heavy (non-hydrogen) atoms. The van der Waals surface area contributed by atoms with Gasteiger partial charge in [0.2, 0.25) is 0 Å². The number of hydrogen-bond donors (Lipinski definition) is 1. The molecule has 1 fully saturated rings. The predicted octanol–water partition coefficient (Wildman–Crippen LogP) is 3.06. The summed E-state index contributed by atoms with van der Waals surface area (Å²) in [6, 6.07) is 5.95. The quantitative estimate of drug-likeness (QED) is 0.919. The summed E-state index contributed by atoms with van der Waals surface area (Å²) in [6.45, 7) is 2.30. The first-order valence-corrected chi connectivity index (χ1v) is 6.77. The number of alkyl halides is 3. The van der Waals surface area contributed by atoms with Gasteiger partial charge in [0.25, 0.3) is 0 Å². The molecule has 118 valence electrons. The number of hydrogen-bond acceptors (Lipinski definition) is 5. The Hall–Kier alpha value is -2.09. The van der Waals surface area contributed by atoms with E-state index in [1.54, 1.807) is 19.1 Å². The van der Waals surface area contributed by atoms with E-state index < -0.39 is 6.36 Å². The first kappa shape index (κ1) is 14.8. The molecule has 0 radical (unpaired) electrons. The molecule has 5 nitrogen and oxygen atoms in total. The zero-order chi connectivity index (χ0) is 15.8. The van der Waals surface area contributed by atoms with Crippen LogP contribution in [-0.2, 0) is 12.1 Å². The van der Waals surface area contributed by atoms with Gasteiger partial charge in [0, 0.05) is 12.1 Å². The highest BCUT2D eigenvalue weighted by Gasteiger charge is 2.44. The van der Waals surface area contributed by atoms with Crippen molar-refractivity contribution in [1.29, 1.82) is 0 Å². The normalized spacial score (nSPS) is 16.5. The topological polar surface area (TPSA) is 60.2 Å². The number of benzene rings is 1. The molecule has 3 rings (SSSR count). The Bertz CT molecular complexity index is 648. The van der Waals surface area contributed by atoms with Crippen LogP contribution in [0.1, 0.15) is 29.8 Å². The van der Waals surface area contributed by atoms with Gasteiger partial charge in [-0.25, -0.2) is 4.63 Å². The maximum atomic E-state index is 12.1. The van der Waals surface area contributed by atoms with Gasteiger partial charge < -0.3 is 10.1 Å². The third kappa shape index (κ3) is 3.22. The lowest BCUT2D eigenvalue weighted by atomic mass is 10.0. The van der Waals surface area contributed by atoms with Gasteiger partial charge in [-0.1, -0.05) is 22.4 Å². The van der Waals surface area contributed by atoms with Crippen LogP contribution in [0.25, 0.3) is 0 Å². The van der Waals surface area contributed by atoms with Gasteiger partial charge in [-0.3, -0.25) is 0 Å². The first-order chi connectivity index (χ1) is 10.4. The summed E-state index contributed by atoms with van der Waals surface area (Å²) in [4.78, 5) is 0. The molecule has 0 bridgehead atoms. The molecule has 1 aromatic heterocycles. The van der Waals surface area contributed by atoms with Crippen molar-refractivity contribution in [2.75, 3.05) is 0 Å². The maximum absolute atomic E-state index is 12.1. The van der Waals surface area contributed by atoms with Gasteiger partial charge >= 0.3 is 6.36 Å². The van der Waals surface area contributed by atoms with E-state index in [-0.39, 0.29) is 11.3 Å². The summed E-state index contributed by atoms with van der Waals surface area (Å²) in [7, 11) is 0. The van der Waals surface area contributed by atoms with Gasteiger partial charge in [-0.15, -0.1) is 13.2 Å². The lowest BCUT2D eigenvalue weighted by molar-refractivity contribution is -0.274. The number of nitrogens with zero attached hydrogens (tertiary/aromatic N) is 2. The van der Waals surface area contributed by atoms with Crippen LogP contribution in [0.4, 0.5) is 13.2 Å². The van der Waals surface area contributed by atoms with Crippen LogP contribution in [0, 0.1) is 6.92 Å². The van der Waals surface area contributed by atoms with E-state index in [0.717, 1.165) is 29.8 Å². The van der Waals surface area contributed by atoms with E-state index in [1.807, 2.05) is 0 Å². The van der Waals surface area contributed by atoms with Gasteiger partial charge in [-0.2, -0.15) is 0 Å². The first-order valence-electron chi connectivity index (χ1n) is 6.77. The van der Waals surface area contributed by atoms with Crippen LogP contribution in [0.3, 0.4) is 0 Å². The number of aromatic nitrogens is 2. The van der Waals surface area contributed by atoms with Gasteiger partial charge in [0.15, 0.2) is 0 Å². The Balaban J connectivity index is 1.67. The van der Waals surface area contributed by atoms with E-state index in [4.69, 9.17) is 0 Å². The lowest BCUT2D eigenvalue weighted by Gasteiger charge is -2.18. The fourth-order valence-electron chi connectivity index (χ4n) is 2.33. The Labute approximate surface area is 124 Å². The molecule has 1 aromatic carbocycles. The molecule has 1 N–H and O–H groups in total. The van der Waals surface area contributed by atoms with Crippen molar-refractivity contribution >= 4 is 0 Å². The van der Waals surface area contributed by atoms with Crippen LogP contribution in [0.5, 0.6) is 5.75 Å². The highest BCUT2D eigenvalue weighted by Crippen LogP contribution is 2.46. The number of nitrogens with one attached hydrogen (secondary N) is 1. The summed E-state index contributed by atoms with van der Waals surface area (Å²) in [5, 5.41) is 10.9. The molecule has 0 saturated heterocycles. The Morgan fingerprint density at radius 1 is 1.23 bits per heavy atom. The van der Waals surface area contributed by atoms with Crippen LogP contribution in [0.2, 0.25) is 0 Å². The summed E-state index contributed by atoms with van der Waals surface area (Å²) in [5.74, 6) is -0.219. The molecule has 0 spiro atoms. The van der Waals surface area contributed by atoms with Crippen molar-refractivity contribution in [3.63, 3.8) is 0 Å². The minimum Gasteiger partial charge on any atom is -0.406 e. The third-order valence-corrected chi connectivity index (χ3v) is 3.73. The zero-order valence-corrected chi connectivity index (χ0v) is 11.8. The van der Waals surface area contributed by atoms with Crippen LogP contribution >= 0.6 is 0 Å². The number of aryl methyl sites for hydroxylation is 1. The van der Waals surface area contributed by atoms with Gasteiger partial charge in [0.05, 0.1) is 0 Å². The molecular formula is C14H14F3N3O2. The Kier molecular flexibility index (Phi) is 3.56. The van der Waals surface area contributed by atoms with E-state index in [0.29, 0.717) is 6.54 Å². The largest absolute Gasteiger partial charge is 0.573 e. The summed E-state index contributed by atoms with van der Waals surface area (Å²) < 4.78 is 45.0. The average Bonchev–Trinajstić information content (AvgIpc) is 3.12. The number of ether oxygens (including phenoxy) is 1. The molecule has 2 aromatic rings. The van der Waals surface area contributed by atoms with Gasteiger partial charge in [-0.05, 0) is 37.5 Å². The molecule has 1 aliphatic carbocycles. The molecule has 0 aliphatic heterocycles. The second kappa shape index (κ2) is 5.28. The summed E-state index contributed by atoms with van der Waals surface area (Å²) in [6.07, 6.45) is -2.85.